The summed E-state index contributed by atoms with van der Waals surface area (Å²) in [5.41, 5.74) is -0.131. The van der Waals surface area contributed by atoms with Gasteiger partial charge in [0, 0.05) is 94.3 Å². The number of amides is 4. The number of aliphatic hydroxyl groups is 5. The number of aryl methyl sites for hydroxylation is 2. The van der Waals surface area contributed by atoms with Gasteiger partial charge in [0.25, 0.3) is 5.56 Å². The van der Waals surface area contributed by atoms with E-state index in [4.69, 9.17) is 9.47 Å². The fourth-order valence-electron chi connectivity index (χ4n) is 6.93. The highest BCUT2D eigenvalue weighted by Gasteiger charge is 2.44. The van der Waals surface area contributed by atoms with Crippen molar-refractivity contribution in [2.45, 2.75) is 115 Å². The van der Waals surface area contributed by atoms with Crippen molar-refractivity contribution >= 4 is 35.4 Å². The van der Waals surface area contributed by atoms with Crippen LogP contribution in [0.25, 0.3) is 0 Å². The first-order valence-corrected chi connectivity index (χ1v) is 21.4. The molecule has 6 unspecified atom stereocenters. The summed E-state index contributed by atoms with van der Waals surface area (Å²) < 4.78 is 13.8. The van der Waals surface area contributed by atoms with E-state index in [0.717, 1.165) is 0 Å². The molecule has 4 amide bonds. The van der Waals surface area contributed by atoms with Crippen LogP contribution in [0, 0.1) is 6.92 Å². The zero-order valence-electron chi connectivity index (χ0n) is 34.2. The van der Waals surface area contributed by atoms with Gasteiger partial charge in [0.2, 0.25) is 23.6 Å². The molecule has 8 atom stereocenters. The first kappa shape index (κ1) is 48.4. The first-order valence-electron chi connectivity index (χ1n) is 20.2. The van der Waals surface area contributed by atoms with Crippen LogP contribution in [0.1, 0.15) is 75.9 Å². The van der Waals surface area contributed by atoms with Crippen LogP contribution in [-0.4, -0.2) is 178 Å². The molecule has 2 fully saturated rings. The fourth-order valence-corrected chi connectivity index (χ4v) is 7.81. The topological polar surface area (TPSA) is 304 Å². The maximum absolute atomic E-state index is 12.8. The van der Waals surface area contributed by atoms with E-state index in [1.54, 1.807) is 41.4 Å². The lowest BCUT2D eigenvalue weighted by Gasteiger charge is -2.40. The molecule has 2 saturated heterocycles. The minimum atomic E-state index is -1.61. The minimum Gasteiger partial charge on any atom is -0.394 e. The van der Waals surface area contributed by atoms with Gasteiger partial charge in [-0.25, -0.2) is 9.48 Å². The number of carbonyl (C=O) groups is 4. The van der Waals surface area contributed by atoms with Gasteiger partial charge in [-0.3, -0.25) is 33.5 Å². The molecule has 4 rings (SSSR count). The summed E-state index contributed by atoms with van der Waals surface area (Å²) in [6, 6.07) is -1.69. The Labute approximate surface area is 350 Å². The molecule has 4 heterocycles. The maximum Gasteiger partial charge on any atom is 0.330 e. The number of nitrogens with one attached hydrogen (secondary N) is 3. The van der Waals surface area contributed by atoms with Gasteiger partial charge in [-0.1, -0.05) is 19.1 Å². The van der Waals surface area contributed by atoms with E-state index in [1.807, 2.05) is 0 Å². The molecule has 0 aromatic carbocycles. The Balaban J connectivity index is 1.15. The molecule has 0 radical (unpaired) electrons. The predicted molar refractivity (Wildman–Crippen MR) is 214 cm³/mol. The maximum atomic E-state index is 12.8. The number of rotatable bonds is 23. The third-order valence-electron chi connectivity index (χ3n) is 10.4. The third kappa shape index (κ3) is 13.4. The van der Waals surface area contributed by atoms with Crippen molar-refractivity contribution in [2.24, 2.45) is 0 Å². The molecule has 0 saturated carbocycles. The number of H-pyrrole nitrogens is 1. The number of nitrogens with zero attached hydrogens (tertiary/aromatic N) is 6. The van der Waals surface area contributed by atoms with Gasteiger partial charge >= 0.3 is 5.69 Å². The van der Waals surface area contributed by atoms with Crippen molar-refractivity contribution in [3.8, 4) is 0 Å². The van der Waals surface area contributed by atoms with Crippen molar-refractivity contribution in [3.05, 3.63) is 44.5 Å². The van der Waals surface area contributed by atoms with Gasteiger partial charge in [0.05, 0.1) is 24.9 Å². The average molecular weight is 870 g/mol. The number of hydrogen-bond acceptors (Lipinski definition) is 16. The van der Waals surface area contributed by atoms with Crippen LogP contribution >= 0.6 is 11.8 Å². The summed E-state index contributed by atoms with van der Waals surface area (Å²) in [7, 11) is 0. The molecular weight excluding hydrogens is 811 g/mol. The Morgan fingerprint density at radius 1 is 0.900 bits per heavy atom. The van der Waals surface area contributed by atoms with Crippen LogP contribution in [0.3, 0.4) is 0 Å². The van der Waals surface area contributed by atoms with Gasteiger partial charge in [-0.2, -0.15) is 11.8 Å². The lowest BCUT2D eigenvalue weighted by Crippen LogP contribution is -2.64. The third-order valence-corrected chi connectivity index (χ3v) is 11.4. The summed E-state index contributed by atoms with van der Waals surface area (Å²) in [6.45, 7) is 5.49. The molecule has 0 bridgehead atoms. The molecular formula is C37H59N9O13S. The average Bonchev–Trinajstić information content (AvgIpc) is 3.89. The smallest absolute Gasteiger partial charge is 0.330 e. The molecule has 60 heavy (non-hydrogen) atoms. The molecule has 2 aromatic heterocycles. The van der Waals surface area contributed by atoms with Gasteiger partial charge in [0.15, 0.2) is 6.29 Å². The highest BCUT2D eigenvalue weighted by Crippen LogP contribution is 2.35. The highest BCUT2D eigenvalue weighted by molar-refractivity contribution is 7.99. The summed E-state index contributed by atoms with van der Waals surface area (Å²) >= 11 is 1.42. The number of aliphatic hydroxyl groups excluding tert-OH is 5. The largest absolute Gasteiger partial charge is 0.394 e. The molecule has 2 aromatic rings. The van der Waals surface area contributed by atoms with E-state index in [1.165, 1.54) is 22.5 Å². The quantitative estimate of drug-likeness (QED) is 0.0514. The normalized spacial score (nSPS) is 23.9. The molecule has 2 aliphatic rings. The van der Waals surface area contributed by atoms with Crippen molar-refractivity contribution in [3.63, 3.8) is 0 Å². The lowest BCUT2D eigenvalue weighted by molar-refractivity contribution is -0.253. The summed E-state index contributed by atoms with van der Waals surface area (Å²) in [4.78, 5) is 80.4. The Hall–Kier alpha value is -4.23. The van der Waals surface area contributed by atoms with Crippen molar-refractivity contribution in [1.29, 1.82) is 0 Å². The van der Waals surface area contributed by atoms with E-state index in [2.05, 4.69) is 25.9 Å². The van der Waals surface area contributed by atoms with Crippen LogP contribution in [0.15, 0.2) is 22.0 Å². The van der Waals surface area contributed by atoms with Crippen LogP contribution < -0.4 is 21.9 Å². The standard InChI is InChI=1S/C37H59N9O13S/c1-4-29(51)43(12-13-44(30(52)5-2)14-16-60-15-9-28(50)39-32-34(54)33(53)26(21-48)59-36(32)56)11-10-38-27(49)8-6-7-23-19-46(42-41-23)24-17-31(58-25(24)20-47)45-18-22(3)35(55)40-37(45)57/h18-19,24-26,31-34,36,47-48,53-54,56H,4-17,20-21H2,1-3H3,(H,38,49)(H,39,50)(H,40,55,57)/t24?,25?,26?,31?,32?,33-,34+,36?/m1/s1. The second-order valence-electron chi connectivity index (χ2n) is 14.6. The number of hydrogen-bond donors (Lipinski definition) is 8. The Kier molecular flexibility index (Phi) is 19.1. The molecule has 2 aliphatic heterocycles. The van der Waals surface area contributed by atoms with Crippen molar-refractivity contribution < 1.29 is 54.2 Å². The molecule has 0 spiro atoms. The SMILES string of the molecule is CCC(=O)N(CCNC(=O)CCCc1cn(C2CC(n3cc(C)c(=O)[nH]c3=O)OC2CO)nn1)CCN(CCSCCC(=O)NC1C(O)OC(CO)[C@@H](O)[C@H]1O)C(=O)CC. The van der Waals surface area contributed by atoms with E-state index in [-0.39, 0.29) is 76.2 Å². The second-order valence-corrected chi connectivity index (χ2v) is 15.9. The predicted octanol–water partition coefficient (Wildman–Crippen LogP) is -3.09. The van der Waals surface area contributed by atoms with Crippen LogP contribution in [0.2, 0.25) is 0 Å². The van der Waals surface area contributed by atoms with Crippen molar-refractivity contribution in [2.75, 3.05) is 57.4 Å². The zero-order valence-corrected chi connectivity index (χ0v) is 35.0. The van der Waals surface area contributed by atoms with Gasteiger partial charge < -0.3 is 55.4 Å². The van der Waals surface area contributed by atoms with Crippen LogP contribution in [0.5, 0.6) is 0 Å². The summed E-state index contributed by atoms with van der Waals surface area (Å²) in [6.07, 6.45) is -2.12. The second kappa shape index (κ2) is 23.7. The molecule has 0 aliphatic carbocycles. The molecule has 336 valence electrons. The number of aromatic amines is 1. The summed E-state index contributed by atoms with van der Waals surface area (Å²) in [5.74, 6) is -0.0505. The number of thioether (sulfide) groups is 1. The van der Waals surface area contributed by atoms with E-state index >= 15 is 0 Å². The van der Waals surface area contributed by atoms with Gasteiger partial charge in [-0.05, 0) is 19.8 Å². The number of aromatic nitrogens is 5. The number of carbonyl (C=O) groups excluding carboxylic acids is 4. The monoisotopic (exact) mass is 869 g/mol. The summed E-state index contributed by atoms with van der Waals surface area (Å²) in [5, 5.41) is 63.2. The van der Waals surface area contributed by atoms with Crippen molar-refractivity contribution in [1.82, 2.24) is 45.0 Å². The molecule has 22 nitrogen and oxygen atoms in total. The van der Waals surface area contributed by atoms with E-state index < -0.39 is 72.8 Å². The Bertz CT molecular complexity index is 1840. The number of ether oxygens (including phenoxy) is 2. The van der Waals surface area contributed by atoms with Crippen LogP contribution in [0.4, 0.5) is 0 Å². The highest BCUT2D eigenvalue weighted by atomic mass is 32.2. The minimum absolute atomic E-state index is 0.0307. The van der Waals surface area contributed by atoms with Gasteiger partial charge in [0.1, 0.15) is 36.7 Å². The molecule has 8 N–H and O–H groups in total. The fraction of sp³-hybridized carbons (Fsp3) is 0.730. The zero-order chi connectivity index (χ0) is 43.9. The van der Waals surface area contributed by atoms with E-state index in [0.29, 0.717) is 48.6 Å². The first-order chi connectivity index (χ1) is 28.7. The van der Waals surface area contributed by atoms with Gasteiger partial charge in [-0.15, -0.1) is 5.10 Å². The van der Waals surface area contributed by atoms with E-state index in [9.17, 15) is 54.3 Å². The Morgan fingerprint density at radius 3 is 2.25 bits per heavy atom. The lowest BCUT2D eigenvalue weighted by atomic mass is 9.97. The van der Waals surface area contributed by atoms with Crippen LogP contribution in [-0.2, 0) is 35.1 Å². The Morgan fingerprint density at radius 2 is 1.58 bits per heavy atom. The molecule has 23 heteroatoms.